The van der Waals surface area contributed by atoms with Gasteiger partial charge in [-0.3, -0.25) is 24.6 Å². The van der Waals surface area contributed by atoms with E-state index in [1.807, 2.05) is 5.32 Å². The Morgan fingerprint density at radius 1 is 1.12 bits per heavy atom. The van der Waals surface area contributed by atoms with E-state index in [4.69, 9.17) is 14.2 Å². The molecule has 3 saturated heterocycles. The normalized spacial score (nSPS) is 23.6. The topological polar surface area (TPSA) is 146 Å². The summed E-state index contributed by atoms with van der Waals surface area (Å²) in [7, 11) is 0. The number of alkyl halides is 1. The second-order valence-electron chi connectivity index (χ2n) is 11.2. The van der Waals surface area contributed by atoms with Crippen LogP contribution in [0.25, 0.3) is 0 Å². The number of rotatable bonds is 9. The number of carbonyl (C=O) groups is 4. The predicted octanol–water partition coefficient (Wildman–Crippen LogP) is 2.26. The van der Waals surface area contributed by atoms with Crippen LogP contribution in [-0.4, -0.2) is 82.6 Å². The first-order valence-corrected chi connectivity index (χ1v) is 14.7. The number of Topliss-reactive ketones (excluding diaryl/α,β-unsaturated/α-hetero) is 1. The van der Waals surface area contributed by atoms with E-state index in [0.29, 0.717) is 26.1 Å². The van der Waals surface area contributed by atoms with Gasteiger partial charge in [0.05, 0.1) is 13.2 Å². The zero-order valence-electron chi connectivity index (χ0n) is 23.2. The molecule has 0 spiro atoms. The Hall–Kier alpha value is -2.65. The first-order chi connectivity index (χ1) is 19.4. The van der Waals surface area contributed by atoms with Gasteiger partial charge in [-0.2, -0.15) is 0 Å². The van der Waals surface area contributed by atoms with E-state index in [0.717, 1.165) is 11.0 Å². The van der Waals surface area contributed by atoms with Gasteiger partial charge in [0.1, 0.15) is 28.5 Å². The van der Waals surface area contributed by atoms with Crippen LogP contribution in [0.5, 0.6) is 5.75 Å². The summed E-state index contributed by atoms with van der Waals surface area (Å²) in [6.07, 6.45) is -1.17. The summed E-state index contributed by atoms with van der Waals surface area (Å²) in [5.41, 5.74) is -0.367. The van der Waals surface area contributed by atoms with E-state index < -0.39 is 69.7 Å². The van der Waals surface area contributed by atoms with Crippen molar-refractivity contribution in [1.82, 2.24) is 14.9 Å². The SMILES string of the molecule is CC(C)(C)[S@@+]([O-])N[C@@H](c1cc(OC2CCOCC2)ccc1F)[C@@H](F)C(=O)[C@@H]1C(=O)NC(=O)N(C2CCOCC2)C1=O. The summed E-state index contributed by atoms with van der Waals surface area (Å²) < 4.78 is 62.5. The lowest BCUT2D eigenvalue weighted by Crippen LogP contribution is -2.64. The third-order valence-corrected chi connectivity index (χ3v) is 8.74. The molecule has 1 aromatic carbocycles. The van der Waals surface area contributed by atoms with Crippen molar-refractivity contribution in [2.75, 3.05) is 26.4 Å². The van der Waals surface area contributed by atoms with E-state index >= 15 is 8.78 Å². The smallest absolute Gasteiger partial charge is 0.331 e. The van der Waals surface area contributed by atoms with Crippen LogP contribution < -0.4 is 14.8 Å². The highest BCUT2D eigenvalue weighted by Gasteiger charge is 2.51. The molecule has 0 radical (unpaired) electrons. The third-order valence-electron chi connectivity index (χ3n) is 7.16. The van der Waals surface area contributed by atoms with Gasteiger partial charge in [-0.05, 0) is 51.8 Å². The second kappa shape index (κ2) is 13.1. The van der Waals surface area contributed by atoms with E-state index in [-0.39, 0.29) is 43.5 Å². The van der Waals surface area contributed by atoms with E-state index in [1.165, 1.54) is 12.1 Å². The highest BCUT2D eigenvalue weighted by molar-refractivity contribution is 7.90. The van der Waals surface area contributed by atoms with Gasteiger partial charge < -0.3 is 18.8 Å². The number of urea groups is 1. The molecule has 226 valence electrons. The molecule has 0 unspecified atom stereocenters. The number of benzene rings is 1. The zero-order valence-corrected chi connectivity index (χ0v) is 24.0. The summed E-state index contributed by atoms with van der Waals surface area (Å²) >= 11 is -2.00. The van der Waals surface area contributed by atoms with Crippen LogP contribution in [-0.2, 0) is 35.2 Å². The molecule has 4 atom stereocenters. The molecule has 2 N–H and O–H groups in total. The van der Waals surface area contributed by atoms with Gasteiger partial charge in [0.15, 0.2) is 17.9 Å². The van der Waals surface area contributed by atoms with Crippen molar-refractivity contribution in [3.05, 3.63) is 29.6 Å². The molecule has 0 aliphatic carbocycles. The number of nitrogens with one attached hydrogen (secondary N) is 2. The van der Waals surface area contributed by atoms with Crippen molar-refractivity contribution >= 4 is 35.0 Å². The Bertz CT molecular complexity index is 1150. The number of halogens is 2. The lowest BCUT2D eigenvalue weighted by molar-refractivity contribution is -0.151. The van der Waals surface area contributed by atoms with Crippen LogP contribution in [0.1, 0.15) is 58.1 Å². The number of nitrogens with zero attached hydrogens (tertiary/aromatic N) is 1. The van der Waals surface area contributed by atoms with Crippen molar-refractivity contribution in [2.24, 2.45) is 5.92 Å². The minimum atomic E-state index is -2.70. The maximum atomic E-state index is 16.2. The highest BCUT2D eigenvalue weighted by atomic mass is 32.2. The van der Waals surface area contributed by atoms with Crippen molar-refractivity contribution in [3.8, 4) is 5.75 Å². The van der Waals surface area contributed by atoms with Crippen LogP contribution >= 0.6 is 0 Å². The molecule has 11 nitrogen and oxygen atoms in total. The summed E-state index contributed by atoms with van der Waals surface area (Å²) in [4.78, 5) is 52.8. The van der Waals surface area contributed by atoms with Gasteiger partial charge in [-0.25, -0.2) is 13.6 Å². The number of carbonyl (C=O) groups excluding carboxylic acids is 4. The Morgan fingerprint density at radius 2 is 1.73 bits per heavy atom. The lowest BCUT2D eigenvalue weighted by Gasteiger charge is -2.37. The maximum absolute atomic E-state index is 16.2. The largest absolute Gasteiger partial charge is 0.598 e. The minimum Gasteiger partial charge on any atom is -0.598 e. The Morgan fingerprint density at radius 3 is 2.34 bits per heavy atom. The number of barbiturate groups is 1. The van der Waals surface area contributed by atoms with Gasteiger partial charge in [0, 0.05) is 49.0 Å². The van der Waals surface area contributed by atoms with Crippen molar-refractivity contribution in [2.45, 2.75) is 75.6 Å². The van der Waals surface area contributed by atoms with Gasteiger partial charge >= 0.3 is 6.03 Å². The van der Waals surface area contributed by atoms with Gasteiger partial charge in [0.25, 0.3) is 5.91 Å². The number of amides is 4. The Balaban J connectivity index is 1.64. The molecule has 3 aliphatic heterocycles. The van der Waals surface area contributed by atoms with Crippen molar-refractivity contribution < 1.29 is 46.7 Å². The molecule has 3 fully saturated rings. The highest BCUT2D eigenvalue weighted by Crippen LogP contribution is 2.33. The van der Waals surface area contributed by atoms with Gasteiger partial charge in [-0.1, -0.05) is 0 Å². The average molecular weight is 600 g/mol. The van der Waals surface area contributed by atoms with E-state index in [2.05, 4.69) is 4.72 Å². The van der Waals surface area contributed by atoms with Crippen LogP contribution in [0, 0.1) is 11.7 Å². The number of ether oxygens (including phenoxy) is 3. The molecule has 1 aromatic rings. The molecule has 4 rings (SSSR count). The fourth-order valence-electron chi connectivity index (χ4n) is 4.85. The Labute approximate surface area is 239 Å². The van der Waals surface area contributed by atoms with Gasteiger partial charge in [-0.15, -0.1) is 4.72 Å². The first kappa shape index (κ1) is 31.3. The van der Waals surface area contributed by atoms with Crippen LogP contribution in [0.2, 0.25) is 0 Å². The zero-order chi connectivity index (χ0) is 29.9. The lowest BCUT2D eigenvalue weighted by atomic mass is 9.89. The van der Waals surface area contributed by atoms with E-state index in [1.54, 1.807) is 20.8 Å². The summed E-state index contributed by atoms with van der Waals surface area (Å²) in [5, 5.41) is 1.97. The average Bonchev–Trinajstić information content (AvgIpc) is 2.92. The van der Waals surface area contributed by atoms with Gasteiger partial charge in [0.2, 0.25) is 5.91 Å². The summed E-state index contributed by atoms with van der Waals surface area (Å²) in [6.45, 7) is 6.28. The van der Waals surface area contributed by atoms with Crippen LogP contribution in [0.15, 0.2) is 18.2 Å². The molecular weight excluding hydrogens is 564 g/mol. The quantitative estimate of drug-likeness (QED) is 0.322. The maximum Gasteiger partial charge on any atom is 0.331 e. The van der Waals surface area contributed by atoms with Crippen molar-refractivity contribution in [3.63, 3.8) is 0 Å². The fraction of sp³-hybridized carbons (Fsp3) is 0.630. The molecule has 4 amide bonds. The first-order valence-electron chi connectivity index (χ1n) is 13.5. The molecule has 3 aliphatic rings. The van der Waals surface area contributed by atoms with Crippen LogP contribution in [0.4, 0.5) is 13.6 Å². The van der Waals surface area contributed by atoms with Crippen molar-refractivity contribution in [1.29, 1.82) is 0 Å². The third kappa shape index (κ3) is 7.23. The number of hydrogen-bond acceptors (Lipinski definition) is 9. The molecule has 3 heterocycles. The predicted molar refractivity (Wildman–Crippen MR) is 142 cm³/mol. The fourth-order valence-corrected chi connectivity index (χ4v) is 5.68. The molecule has 0 saturated carbocycles. The number of hydrogen-bond donors (Lipinski definition) is 2. The molecule has 0 aromatic heterocycles. The molecule has 0 bridgehead atoms. The number of imide groups is 2. The molecule has 41 heavy (non-hydrogen) atoms. The van der Waals surface area contributed by atoms with E-state index in [9.17, 15) is 23.7 Å². The number of ketones is 1. The summed E-state index contributed by atoms with van der Waals surface area (Å²) in [6, 6.07) is 0.116. The molecule has 14 heteroatoms. The standard InChI is InChI=1S/C27H35F2N3O8S/c1-27(2,3)41(37)31-22(18-14-17(4-5-19(18)28)40-16-8-12-39-13-9-16)21(29)23(33)20-24(34)30-26(36)32(25(20)35)15-6-10-38-11-7-15/h4-5,14-16,20-22,31H,6-13H2,1-3H3,(H,30,34,36)/t20-,21-,22+,41-/m1/s1. The summed E-state index contributed by atoms with van der Waals surface area (Å²) in [5.74, 6) is -6.83. The van der Waals surface area contributed by atoms with Crippen LogP contribution in [0.3, 0.4) is 0 Å². The Kier molecular flexibility index (Phi) is 10.0. The minimum absolute atomic E-state index is 0.198. The molecular formula is C27H35F2N3O8S. The monoisotopic (exact) mass is 599 g/mol. The second-order valence-corrected chi connectivity index (χ2v) is 13.2.